The molecule has 0 saturated carbocycles. The molecular weight excluding hydrogens is 270 g/mol. The van der Waals surface area contributed by atoms with Gasteiger partial charge in [-0.3, -0.25) is 4.90 Å². The van der Waals surface area contributed by atoms with Crippen LogP contribution in [0, 0.1) is 5.92 Å². The number of halogens is 1. The standard InChI is InChI=1S/C17H27NO.ClH/c1-4-9-18(10-5-2)16-12-15-14(11-13(16)3)7-6-8-17(15)19;/h6-8,13,16,19H,4-5,9-12H2,1-3H3;1H/t13-,16-;/m0./s1. The molecule has 0 spiro atoms. The van der Waals surface area contributed by atoms with Crippen LogP contribution < -0.4 is 0 Å². The van der Waals surface area contributed by atoms with Gasteiger partial charge in [0.05, 0.1) is 0 Å². The Labute approximate surface area is 129 Å². The third kappa shape index (κ3) is 3.67. The number of hydrogen-bond acceptors (Lipinski definition) is 2. The van der Waals surface area contributed by atoms with Crippen LogP contribution in [0.4, 0.5) is 0 Å². The lowest BCUT2D eigenvalue weighted by atomic mass is 9.80. The largest absolute Gasteiger partial charge is 0.508 e. The first kappa shape index (κ1) is 17.3. The molecule has 1 aliphatic rings. The van der Waals surface area contributed by atoms with E-state index < -0.39 is 0 Å². The summed E-state index contributed by atoms with van der Waals surface area (Å²) < 4.78 is 0. The van der Waals surface area contributed by atoms with Crippen molar-refractivity contribution in [1.29, 1.82) is 0 Å². The number of benzene rings is 1. The first-order chi connectivity index (χ1) is 9.17. The van der Waals surface area contributed by atoms with Crippen LogP contribution in [0.1, 0.15) is 44.7 Å². The minimum absolute atomic E-state index is 0. The summed E-state index contributed by atoms with van der Waals surface area (Å²) in [4.78, 5) is 2.63. The van der Waals surface area contributed by atoms with Gasteiger partial charge in [0.25, 0.3) is 0 Å². The van der Waals surface area contributed by atoms with E-state index in [0.29, 0.717) is 17.7 Å². The second-order valence-corrected chi connectivity index (χ2v) is 5.90. The van der Waals surface area contributed by atoms with Crippen LogP contribution >= 0.6 is 12.4 Å². The molecule has 2 atom stereocenters. The molecule has 3 heteroatoms. The molecule has 2 nitrogen and oxygen atoms in total. The fourth-order valence-corrected chi connectivity index (χ4v) is 3.45. The molecule has 0 amide bonds. The van der Waals surface area contributed by atoms with Crippen LogP contribution in [0.15, 0.2) is 18.2 Å². The molecule has 0 aromatic heterocycles. The van der Waals surface area contributed by atoms with Crippen molar-refractivity contribution in [2.75, 3.05) is 13.1 Å². The normalized spacial score (nSPS) is 21.4. The number of phenols is 1. The Morgan fingerprint density at radius 1 is 1.15 bits per heavy atom. The number of fused-ring (bicyclic) bond motifs is 1. The van der Waals surface area contributed by atoms with E-state index in [2.05, 4.69) is 31.7 Å². The van der Waals surface area contributed by atoms with Crippen molar-refractivity contribution < 1.29 is 5.11 Å². The molecule has 1 N–H and O–H groups in total. The van der Waals surface area contributed by atoms with E-state index in [1.54, 1.807) is 0 Å². The van der Waals surface area contributed by atoms with Gasteiger partial charge in [-0.2, -0.15) is 0 Å². The fraction of sp³-hybridized carbons (Fsp3) is 0.647. The van der Waals surface area contributed by atoms with Gasteiger partial charge in [-0.05, 0) is 61.9 Å². The van der Waals surface area contributed by atoms with Crippen LogP contribution in [0.5, 0.6) is 5.75 Å². The van der Waals surface area contributed by atoms with Gasteiger partial charge in [-0.25, -0.2) is 0 Å². The molecule has 2 rings (SSSR count). The van der Waals surface area contributed by atoms with Crippen molar-refractivity contribution in [3.05, 3.63) is 29.3 Å². The van der Waals surface area contributed by atoms with Crippen molar-refractivity contribution in [3.8, 4) is 5.75 Å². The Bertz CT molecular complexity index is 415. The van der Waals surface area contributed by atoms with E-state index in [1.165, 1.54) is 37.1 Å². The van der Waals surface area contributed by atoms with Crippen LogP contribution in [0.3, 0.4) is 0 Å². The van der Waals surface area contributed by atoms with E-state index in [0.717, 1.165) is 12.8 Å². The van der Waals surface area contributed by atoms with Gasteiger partial charge >= 0.3 is 0 Å². The molecule has 1 aliphatic carbocycles. The van der Waals surface area contributed by atoms with Crippen molar-refractivity contribution in [2.24, 2.45) is 5.92 Å². The Hall–Kier alpha value is -0.730. The van der Waals surface area contributed by atoms with E-state index in [-0.39, 0.29) is 12.4 Å². The molecule has 0 fully saturated rings. The molecular formula is C17H28ClNO. The maximum Gasteiger partial charge on any atom is 0.119 e. The average molecular weight is 298 g/mol. The molecule has 1 aromatic carbocycles. The highest BCUT2D eigenvalue weighted by molar-refractivity contribution is 5.85. The van der Waals surface area contributed by atoms with E-state index in [4.69, 9.17) is 0 Å². The van der Waals surface area contributed by atoms with Crippen molar-refractivity contribution >= 4 is 12.4 Å². The summed E-state index contributed by atoms with van der Waals surface area (Å²) in [6.07, 6.45) is 4.51. The van der Waals surface area contributed by atoms with Gasteiger partial charge < -0.3 is 5.11 Å². The number of hydrogen-bond donors (Lipinski definition) is 1. The summed E-state index contributed by atoms with van der Waals surface area (Å²) in [5.41, 5.74) is 2.53. The monoisotopic (exact) mass is 297 g/mol. The quantitative estimate of drug-likeness (QED) is 0.886. The SMILES string of the molecule is CCCN(CCC)[C@H]1Cc2c(O)cccc2C[C@@H]1C.Cl. The predicted octanol–water partition coefficient (Wildman–Crippen LogP) is 4.04. The van der Waals surface area contributed by atoms with Gasteiger partial charge in [0.15, 0.2) is 0 Å². The molecule has 0 saturated heterocycles. The first-order valence-corrected chi connectivity index (χ1v) is 7.71. The van der Waals surface area contributed by atoms with E-state index in [1.807, 2.05) is 12.1 Å². The molecule has 0 radical (unpaired) electrons. The van der Waals surface area contributed by atoms with Gasteiger partial charge in [-0.15, -0.1) is 12.4 Å². The highest BCUT2D eigenvalue weighted by Gasteiger charge is 2.30. The second-order valence-electron chi connectivity index (χ2n) is 5.90. The summed E-state index contributed by atoms with van der Waals surface area (Å²) >= 11 is 0. The Morgan fingerprint density at radius 3 is 2.40 bits per heavy atom. The third-order valence-corrected chi connectivity index (χ3v) is 4.35. The summed E-state index contributed by atoms with van der Waals surface area (Å²) in [5.74, 6) is 1.16. The summed E-state index contributed by atoms with van der Waals surface area (Å²) in [7, 11) is 0. The molecule has 1 aromatic rings. The van der Waals surface area contributed by atoms with E-state index >= 15 is 0 Å². The number of rotatable bonds is 5. The number of phenolic OH excluding ortho intramolecular Hbond substituents is 1. The smallest absolute Gasteiger partial charge is 0.119 e. The minimum atomic E-state index is 0. The predicted molar refractivity (Wildman–Crippen MR) is 87.9 cm³/mol. The number of nitrogens with zero attached hydrogens (tertiary/aromatic N) is 1. The summed E-state index contributed by atoms with van der Waals surface area (Å²) in [5, 5.41) is 10.1. The first-order valence-electron chi connectivity index (χ1n) is 7.71. The average Bonchev–Trinajstić information content (AvgIpc) is 2.38. The lowest BCUT2D eigenvalue weighted by Crippen LogP contribution is -2.45. The maximum atomic E-state index is 10.1. The highest BCUT2D eigenvalue weighted by atomic mass is 35.5. The number of aromatic hydroxyl groups is 1. The third-order valence-electron chi connectivity index (χ3n) is 4.35. The molecule has 0 unspecified atom stereocenters. The molecule has 20 heavy (non-hydrogen) atoms. The minimum Gasteiger partial charge on any atom is -0.508 e. The Morgan fingerprint density at radius 2 is 1.80 bits per heavy atom. The van der Waals surface area contributed by atoms with Crippen LogP contribution in [-0.2, 0) is 12.8 Å². The van der Waals surface area contributed by atoms with Gasteiger partial charge in [-0.1, -0.05) is 32.9 Å². The second kappa shape index (κ2) is 7.90. The van der Waals surface area contributed by atoms with Crippen LogP contribution in [-0.4, -0.2) is 29.1 Å². The molecule has 114 valence electrons. The molecule has 0 bridgehead atoms. The van der Waals surface area contributed by atoms with Crippen molar-refractivity contribution in [3.63, 3.8) is 0 Å². The van der Waals surface area contributed by atoms with Gasteiger partial charge in [0.2, 0.25) is 0 Å². The molecule has 0 aliphatic heterocycles. The Balaban J connectivity index is 0.00000200. The van der Waals surface area contributed by atoms with Gasteiger partial charge in [0, 0.05) is 6.04 Å². The van der Waals surface area contributed by atoms with Crippen molar-refractivity contribution in [2.45, 2.75) is 52.5 Å². The van der Waals surface area contributed by atoms with Crippen LogP contribution in [0.2, 0.25) is 0 Å². The Kier molecular flexibility index (Phi) is 6.84. The lowest BCUT2D eigenvalue weighted by Gasteiger charge is -2.39. The summed E-state index contributed by atoms with van der Waals surface area (Å²) in [6.45, 7) is 9.21. The zero-order valence-electron chi connectivity index (χ0n) is 12.9. The van der Waals surface area contributed by atoms with Crippen molar-refractivity contribution in [1.82, 2.24) is 4.90 Å². The zero-order chi connectivity index (χ0) is 13.8. The molecule has 0 heterocycles. The topological polar surface area (TPSA) is 23.5 Å². The van der Waals surface area contributed by atoms with Gasteiger partial charge in [0.1, 0.15) is 5.75 Å². The zero-order valence-corrected chi connectivity index (χ0v) is 13.7. The van der Waals surface area contributed by atoms with Crippen LogP contribution in [0.25, 0.3) is 0 Å². The lowest BCUT2D eigenvalue weighted by molar-refractivity contribution is 0.138. The fourth-order valence-electron chi connectivity index (χ4n) is 3.45. The van der Waals surface area contributed by atoms with E-state index in [9.17, 15) is 5.11 Å². The highest BCUT2D eigenvalue weighted by Crippen LogP contribution is 2.33. The maximum absolute atomic E-state index is 10.1. The summed E-state index contributed by atoms with van der Waals surface area (Å²) in [6, 6.07) is 6.55.